The maximum atomic E-state index is 12.5. The lowest BCUT2D eigenvalue weighted by atomic mass is 10.1. The van der Waals surface area contributed by atoms with E-state index in [9.17, 15) is 28.8 Å². The van der Waals surface area contributed by atoms with Crippen LogP contribution in [0.1, 0.15) is 25.7 Å². The highest BCUT2D eigenvalue weighted by molar-refractivity contribution is 5.94. The highest BCUT2D eigenvalue weighted by atomic mass is 16.4. The minimum atomic E-state index is -1.64. The van der Waals surface area contributed by atoms with Gasteiger partial charge in [0.15, 0.2) is 0 Å². The number of hydrogen-bond acceptors (Lipinski definition) is 8. The van der Waals surface area contributed by atoms with Crippen LogP contribution in [0, 0.1) is 0 Å². The number of nitrogens with two attached hydrogens (primary N) is 3. The minimum absolute atomic E-state index is 0.189. The molecule has 29 heavy (non-hydrogen) atoms. The molecule has 14 heteroatoms. The van der Waals surface area contributed by atoms with Crippen LogP contribution in [0.3, 0.4) is 0 Å². The van der Waals surface area contributed by atoms with Crippen molar-refractivity contribution in [2.75, 3.05) is 13.2 Å². The average molecular weight is 418 g/mol. The zero-order valence-corrected chi connectivity index (χ0v) is 15.6. The maximum Gasteiger partial charge on any atom is 0.328 e. The Bertz CT molecular complexity index is 640. The number of carbonyl (C=O) groups excluding carboxylic acids is 5. The number of aliphatic hydroxyl groups is 1. The summed E-state index contributed by atoms with van der Waals surface area (Å²) in [6.45, 7) is -1.35. The molecular weight excluding hydrogens is 392 g/mol. The van der Waals surface area contributed by atoms with E-state index in [4.69, 9.17) is 27.4 Å². The van der Waals surface area contributed by atoms with Crippen LogP contribution in [0.2, 0.25) is 0 Å². The van der Waals surface area contributed by atoms with Crippen molar-refractivity contribution in [2.24, 2.45) is 17.2 Å². The number of primary amides is 2. The van der Waals surface area contributed by atoms with Crippen molar-refractivity contribution in [3.8, 4) is 0 Å². The number of carboxylic acid groups (broad SMARTS) is 1. The number of aliphatic carboxylic acids is 1. The first-order valence-corrected chi connectivity index (χ1v) is 8.52. The molecule has 0 fully saturated rings. The molecule has 0 saturated heterocycles. The molecule has 164 valence electrons. The van der Waals surface area contributed by atoms with Gasteiger partial charge in [-0.05, 0) is 12.8 Å². The molecule has 0 bridgehead atoms. The van der Waals surface area contributed by atoms with Crippen LogP contribution in [0.25, 0.3) is 0 Å². The monoisotopic (exact) mass is 418 g/mol. The van der Waals surface area contributed by atoms with Crippen LogP contribution in [0.4, 0.5) is 0 Å². The van der Waals surface area contributed by atoms with Gasteiger partial charge in [0.2, 0.25) is 29.5 Å². The van der Waals surface area contributed by atoms with E-state index in [1.807, 2.05) is 5.32 Å². The number of nitrogens with one attached hydrogen (secondary N) is 3. The van der Waals surface area contributed by atoms with Crippen LogP contribution in [-0.2, 0) is 28.8 Å². The van der Waals surface area contributed by atoms with Gasteiger partial charge in [0.05, 0.1) is 13.2 Å². The second kappa shape index (κ2) is 13.0. The van der Waals surface area contributed by atoms with Crippen LogP contribution >= 0.6 is 0 Å². The van der Waals surface area contributed by atoms with Gasteiger partial charge < -0.3 is 43.4 Å². The van der Waals surface area contributed by atoms with Crippen LogP contribution in [0.15, 0.2) is 0 Å². The molecule has 0 radical (unpaired) electrons. The van der Waals surface area contributed by atoms with Crippen LogP contribution in [0.5, 0.6) is 0 Å². The van der Waals surface area contributed by atoms with Crippen molar-refractivity contribution >= 4 is 35.5 Å². The Morgan fingerprint density at radius 3 is 1.52 bits per heavy atom. The molecule has 0 saturated carbocycles. The molecule has 0 heterocycles. The molecule has 0 aliphatic rings. The van der Waals surface area contributed by atoms with Gasteiger partial charge in [0.25, 0.3) is 0 Å². The van der Waals surface area contributed by atoms with Gasteiger partial charge in [0.1, 0.15) is 18.1 Å². The standard InChI is InChI=1S/C15H26N6O8/c16-5-12(25)19-7(1-3-10(17)23)13(26)20-8(2-4-11(18)24)14(27)21-9(6-22)15(28)29/h7-9,22H,1-6,16H2,(H2,17,23)(H2,18,24)(H,19,25)(H,20,26)(H,21,27)(H,28,29). The first kappa shape index (κ1) is 25.7. The van der Waals surface area contributed by atoms with Gasteiger partial charge in [-0.15, -0.1) is 0 Å². The molecule has 0 aromatic heterocycles. The summed E-state index contributed by atoms with van der Waals surface area (Å²) in [4.78, 5) is 69.2. The second-order valence-corrected chi connectivity index (χ2v) is 5.98. The summed E-state index contributed by atoms with van der Waals surface area (Å²) in [5, 5.41) is 24.4. The Hall–Kier alpha value is -3.26. The van der Waals surface area contributed by atoms with Crippen molar-refractivity contribution in [3.05, 3.63) is 0 Å². The summed E-state index contributed by atoms with van der Waals surface area (Å²) in [6.07, 6.45) is -1.05. The smallest absolute Gasteiger partial charge is 0.328 e. The quantitative estimate of drug-likeness (QED) is 0.134. The summed E-state index contributed by atoms with van der Waals surface area (Å²) in [6, 6.07) is -4.32. The highest BCUT2D eigenvalue weighted by Gasteiger charge is 2.29. The van der Waals surface area contributed by atoms with Crippen LogP contribution < -0.4 is 33.2 Å². The summed E-state index contributed by atoms with van der Waals surface area (Å²) < 4.78 is 0. The van der Waals surface area contributed by atoms with Crippen molar-refractivity contribution in [2.45, 2.75) is 43.8 Å². The van der Waals surface area contributed by atoms with Gasteiger partial charge in [-0.3, -0.25) is 24.0 Å². The van der Waals surface area contributed by atoms with Crippen molar-refractivity contribution in [3.63, 3.8) is 0 Å². The summed E-state index contributed by atoms with van der Waals surface area (Å²) in [5.41, 5.74) is 15.2. The maximum absolute atomic E-state index is 12.5. The number of rotatable bonds is 14. The summed E-state index contributed by atoms with van der Waals surface area (Å²) in [7, 11) is 0. The van der Waals surface area contributed by atoms with E-state index >= 15 is 0 Å². The Morgan fingerprint density at radius 1 is 0.759 bits per heavy atom. The highest BCUT2D eigenvalue weighted by Crippen LogP contribution is 2.03. The molecule has 3 atom stereocenters. The first-order chi connectivity index (χ1) is 13.5. The molecule has 5 amide bonds. The average Bonchev–Trinajstić information content (AvgIpc) is 2.64. The third-order valence-corrected chi connectivity index (χ3v) is 3.63. The van der Waals surface area contributed by atoms with E-state index in [-0.39, 0.29) is 25.7 Å². The third kappa shape index (κ3) is 10.6. The van der Waals surface area contributed by atoms with Gasteiger partial charge in [-0.25, -0.2) is 4.79 Å². The fourth-order valence-corrected chi connectivity index (χ4v) is 2.09. The molecule has 11 N–H and O–H groups in total. The van der Waals surface area contributed by atoms with Crippen molar-refractivity contribution in [1.82, 2.24) is 16.0 Å². The summed E-state index contributed by atoms with van der Waals surface area (Å²) in [5.74, 6) is -5.64. The third-order valence-electron chi connectivity index (χ3n) is 3.63. The van der Waals surface area contributed by atoms with E-state index < -0.39 is 66.8 Å². The van der Waals surface area contributed by atoms with Crippen molar-refractivity contribution in [1.29, 1.82) is 0 Å². The molecule has 0 spiro atoms. The Kier molecular flexibility index (Phi) is 11.5. The van der Waals surface area contributed by atoms with Gasteiger partial charge in [0, 0.05) is 12.8 Å². The molecule has 0 aromatic carbocycles. The SMILES string of the molecule is NCC(=O)NC(CCC(N)=O)C(=O)NC(CCC(N)=O)C(=O)NC(CO)C(=O)O. The summed E-state index contributed by atoms with van der Waals surface area (Å²) >= 11 is 0. The topological polar surface area (TPSA) is 257 Å². The molecule has 3 unspecified atom stereocenters. The fraction of sp³-hybridized carbons (Fsp3) is 0.600. The fourth-order valence-electron chi connectivity index (χ4n) is 2.09. The predicted molar refractivity (Wildman–Crippen MR) is 96.4 cm³/mol. The lowest BCUT2D eigenvalue weighted by molar-refractivity contribution is -0.143. The van der Waals surface area contributed by atoms with E-state index in [2.05, 4.69) is 10.6 Å². The number of hydrogen-bond donors (Lipinski definition) is 8. The normalized spacial score (nSPS) is 13.4. The number of amides is 5. The van der Waals surface area contributed by atoms with Gasteiger partial charge >= 0.3 is 5.97 Å². The number of carbonyl (C=O) groups is 6. The van der Waals surface area contributed by atoms with E-state index in [0.29, 0.717) is 0 Å². The van der Waals surface area contributed by atoms with Crippen LogP contribution in [-0.4, -0.2) is 77.0 Å². The molecular formula is C15H26N6O8. The number of carboxylic acids is 1. The predicted octanol–water partition coefficient (Wildman–Crippen LogP) is -4.99. The van der Waals surface area contributed by atoms with Crippen molar-refractivity contribution < 1.29 is 39.0 Å². The number of aliphatic hydroxyl groups excluding tert-OH is 1. The molecule has 14 nitrogen and oxygen atoms in total. The van der Waals surface area contributed by atoms with Gasteiger partial charge in [-0.1, -0.05) is 0 Å². The Morgan fingerprint density at radius 2 is 1.17 bits per heavy atom. The lowest BCUT2D eigenvalue weighted by Gasteiger charge is -2.23. The van der Waals surface area contributed by atoms with Gasteiger partial charge in [-0.2, -0.15) is 0 Å². The van der Waals surface area contributed by atoms with E-state index in [0.717, 1.165) is 0 Å². The Balaban J connectivity index is 5.35. The molecule has 0 rings (SSSR count). The molecule has 0 aliphatic heterocycles. The minimum Gasteiger partial charge on any atom is -0.480 e. The Labute approximate surface area is 165 Å². The first-order valence-electron chi connectivity index (χ1n) is 8.52. The zero-order valence-electron chi connectivity index (χ0n) is 15.6. The largest absolute Gasteiger partial charge is 0.480 e. The van der Waals surface area contributed by atoms with E-state index in [1.54, 1.807) is 0 Å². The lowest BCUT2D eigenvalue weighted by Crippen LogP contribution is -2.56. The molecule has 0 aliphatic carbocycles. The second-order valence-electron chi connectivity index (χ2n) is 5.98. The van der Waals surface area contributed by atoms with E-state index in [1.165, 1.54) is 0 Å². The zero-order chi connectivity index (χ0) is 22.6. The molecule has 0 aromatic rings.